The Labute approximate surface area is 131 Å². The Kier molecular flexibility index (Phi) is 5.42. The van der Waals surface area contributed by atoms with Crippen molar-refractivity contribution in [3.63, 3.8) is 0 Å². The molecule has 0 radical (unpaired) electrons. The molecule has 0 amide bonds. The molecule has 5 heteroatoms. The average Bonchev–Trinajstić information content (AvgIpc) is 2.80. The lowest BCUT2D eigenvalue weighted by Crippen LogP contribution is -2.25. The number of aryl methyl sites for hydroxylation is 4. The molecule has 0 aliphatic heterocycles. The largest absolute Gasteiger partial charge is 0.312 e. The third-order valence-corrected chi connectivity index (χ3v) is 4.71. The van der Waals surface area contributed by atoms with Crippen LogP contribution < -0.4 is 5.32 Å². The van der Waals surface area contributed by atoms with Gasteiger partial charge in [-0.1, -0.05) is 36.4 Å². The van der Waals surface area contributed by atoms with Gasteiger partial charge in [-0.25, -0.2) is 0 Å². The van der Waals surface area contributed by atoms with Gasteiger partial charge in [-0.3, -0.25) is 0 Å². The molecule has 1 N–H and O–H groups in total. The van der Waals surface area contributed by atoms with Gasteiger partial charge in [-0.15, -0.1) is 10.2 Å². The number of hydrogen-bond donors (Lipinski definition) is 1. The predicted octanol–water partition coefficient (Wildman–Crippen LogP) is 3.18. The predicted molar refractivity (Wildman–Crippen MR) is 88.8 cm³/mol. The summed E-state index contributed by atoms with van der Waals surface area (Å²) in [7, 11) is 1.98. The Hall–Kier alpha value is -1.33. The molecule has 0 aliphatic carbocycles. The van der Waals surface area contributed by atoms with Crippen molar-refractivity contribution < 1.29 is 0 Å². The fraction of sp³-hybridized carbons (Fsp3) is 0.500. The molecule has 1 atom stereocenters. The quantitative estimate of drug-likeness (QED) is 0.832. The maximum absolute atomic E-state index is 4.15. The molecule has 21 heavy (non-hydrogen) atoms. The zero-order valence-corrected chi connectivity index (χ0v) is 14.3. The zero-order chi connectivity index (χ0) is 15.4. The highest BCUT2D eigenvalue weighted by Crippen LogP contribution is 2.28. The van der Waals surface area contributed by atoms with Gasteiger partial charge in [0.25, 0.3) is 0 Å². The Morgan fingerprint density at radius 2 is 1.90 bits per heavy atom. The number of rotatable bonds is 6. The lowest BCUT2D eigenvalue weighted by molar-refractivity contribution is 0.599. The third kappa shape index (κ3) is 3.86. The van der Waals surface area contributed by atoms with Gasteiger partial charge in [0.2, 0.25) is 0 Å². The second-order valence-corrected chi connectivity index (χ2v) is 6.45. The SMILES string of the molecule is CCNC(CSc1nncn1C)c1c(C)cc(C)cc1C. The molecule has 1 unspecified atom stereocenters. The van der Waals surface area contributed by atoms with Gasteiger partial charge < -0.3 is 9.88 Å². The van der Waals surface area contributed by atoms with Crippen LogP contribution in [0.2, 0.25) is 0 Å². The molecule has 0 fully saturated rings. The minimum Gasteiger partial charge on any atom is -0.312 e. The smallest absolute Gasteiger partial charge is 0.190 e. The number of nitrogens with zero attached hydrogens (tertiary/aromatic N) is 3. The van der Waals surface area contributed by atoms with Crippen LogP contribution in [0.3, 0.4) is 0 Å². The Bertz CT molecular complexity index is 583. The molecule has 114 valence electrons. The van der Waals surface area contributed by atoms with Gasteiger partial charge in [0.1, 0.15) is 6.33 Å². The standard InChI is InChI=1S/C16H24N4S/c1-6-17-14(9-21-16-19-18-10-20(16)5)15-12(3)7-11(2)8-13(15)4/h7-8,10,14,17H,6,9H2,1-5H3. The van der Waals surface area contributed by atoms with Crippen molar-refractivity contribution in [1.82, 2.24) is 20.1 Å². The Balaban J connectivity index is 2.21. The van der Waals surface area contributed by atoms with Crippen molar-refractivity contribution in [3.8, 4) is 0 Å². The van der Waals surface area contributed by atoms with Gasteiger partial charge in [0, 0.05) is 18.8 Å². The van der Waals surface area contributed by atoms with Gasteiger partial charge in [0.15, 0.2) is 5.16 Å². The molecule has 0 bridgehead atoms. The lowest BCUT2D eigenvalue weighted by atomic mass is 9.95. The lowest BCUT2D eigenvalue weighted by Gasteiger charge is -2.22. The van der Waals surface area contributed by atoms with Crippen molar-refractivity contribution in [2.24, 2.45) is 7.05 Å². The van der Waals surface area contributed by atoms with Crippen molar-refractivity contribution >= 4 is 11.8 Å². The normalized spacial score (nSPS) is 12.6. The van der Waals surface area contributed by atoms with E-state index in [2.05, 4.69) is 55.3 Å². The first-order valence-corrected chi connectivity index (χ1v) is 8.29. The second-order valence-electron chi connectivity index (χ2n) is 5.46. The zero-order valence-electron chi connectivity index (χ0n) is 13.5. The van der Waals surface area contributed by atoms with Crippen LogP contribution >= 0.6 is 11.8 Å². The van der Waals surface area contributed by atoms with E-state index in [0.717, 1.165) is 17.5 Å². The van der Waals surface area contributed by atoms with Crippen LogP contribution in [0.15, 0.2) is 23.6 Å². The molecular weight excluding hydrogens is 280 g/mol. The van der Waals surface area contributed by atoms with E-state index in [4.69, 9.17) is 0 Å². The minimum absolute atomic E-state index is 0.331. The molecular formula is C16H24N4S. The fourth-order valence-corrected chi connectivity index (χ4v) is 3.75. The van der Waals surface area contributed by atoms with E-state index in [1.165, 1.54) is 22.3 Å². The van der Waals surface area contributed by atoms with E-state index < -0.39 is 0 Å². The molecule has 2 rings (SSSR count). The molecule has 1 aromatic heterocycles. The molecule has 1 heterocycles. The summed E-state index contributed by atoms with van der Waals surface area (Å²) >= 11 is 1.75. The molecule has 4 nitrogen and oxygen atoms in total. The molecule has 0 saturated heterocycles. The molecule has 1 aromatic carbocycles. The average molecular weight is 304 g/mol. The highest BCUT2D eigenvalue weighted by Gasteiger charge is 2.17. The molecule has 0 saturated carbocycles. The van der Waals surface area contributed by atoms with Gasteiger partial charge in [-0.2, -0.15) is 0 Å². The van der Waals surface area contributed by atoms with Crippen molar-refractivity contribution in [2.75, 3.05) is 12.3 Å². The van der Waals surface area contributed by atoms with Gasteiger partial charge >= 0.3 is 0 Å². The van der Waals surface area contributed by atoms with Crippen molar-refractivity contribution in [2.45, 2.75) is 38.9 Å². The monoisotopic (exact) mass is 304 g/mol. The summed E-state index contributed by atoms with van der Waals surface area (Å²) in [6, 6.07) is 4.86. The summed E-state index contributed by atoms with van der Waals surface area (Å²) in [4.78, 5) is 0. The second kappa shape index (κ2) is 7.09. The maximum atomic E-state index is 4.15. The summed E-state index contributed by atoms with van der Waals surface area (Å²) in [6.45, 7) is 9.66. The van der Waals surface area contributed by atoms with Crippen LogP contribution in [0, 0.1) is 20.8 Å². The van der Waals surface area contributed by atoms with Crippen molar-refractivity contribution in [1.29, 1.82) is 0 Å². The van der Waals surface area contributed by atoms with E-state index in [1.54, 1.807) is 18.1 Å². The van der Waals surface area contributed by atoms with Crippen LogP contribution in [-0.4, -0.2) is 27.1 Å². The molecule has 0 spiro atoms. The van der Waals surface area contributed by atoms with E-state index in [1.807, 2.05) is 11.6 Å². The highest BCUT2D eigenvalue weighted by atomic mass is 32.2. The van der Waals surface area contributed by atoms with E-state index in [0.29, 0.717) is 6.04 Å². The first-order chi connectivity index (χ1) is 10.0. The van der Waals surface area contributed by atoms with Gasteiger partial charge in [0.05, 0.1) is 0 Å². The van der Waals surface area contributed by atoms with E-state index in [-0.39, 0.29) is 0 Å². The number of thioether (sulfide) groups is 1. The summed E-state index contributed by atoms with van der Waals surface area (Å²) in [5.41, 5.74) is 5.45. The Morgan fingerprint density at radius 1 is 1.24 bits per heavy atom. The van der Waals surface area contributed by atoms with Crippen LogP contribution in [0.4, 0.5) is 0 Å². The summed E-state index contributed by atoms with van der Waals surface area (Å²) < 4.78 is 1.96. The maximum Gasteiger partial charge on any atom is 0.190 e. The Morgan fingerprint density at radius 3 is 2.43 bits per heavy atom. The van der Waals surface area contributed by atoms with Gasteiger partial charge in [-0.05, 0) is 44.0 Å². The van der Waals surface area contributed by atoms with Crippen LogP contribution in [0.5, 0.6) is 0 Å². The number of benzene rings is 1. The topological polar surface area (TPSA) is 42.7 Å². The number of hydrogen-bond acceptors (Lipinski definition) is 4. The number of aromatic nitrogens is 3. The molecule has 2 aromatic rings. The number of nitrogens with one attached hydrogen (secondary N) is 1. The molecule has 0 aliphatic rings. The van der Waals surface area contributed by atoms with E-state index >= 15 is 0 Å². The van der Waals surface area contributed by atoms with Crippen LogP contribution in [0.25, 0.3) is 0 Å². The first-order valence-electron chi connectivity index (χ1n) is 7.30. The van der Waals surface area contributed by atoms with Crippen LogP contribution in [-0.2, 0) is 7.05 Å². The van der Waals surface area contributed by atoms with Crippen molar-refractivity contribution in [3.05, 3.63) is 40.7 Å². The third-order valence-electron chi connectivity index (χ3n) is 3.59. The first kappa shape index (κ1) is 16.0. The summed E-state index contributed by atoms with van der Waals surface area (Å²) in [5, 5.41) is 12.6. The fourth-order valence-electron chi connectivity index (χ4n) is 2.79. The highest BCUT2D eigenvalue weighted by molar-refractivity contribution is 7.99. The minimum atomic E-state index is 0.331. The van der Waals surface area contributed by atoms with Crippen LogP contribution in [0.1, 0.15) is 35.2 Å². The van der Waals surface area contributed by atoms with E-state index in [9.17, 15) is 0 Å². The summed E-state index contributed by atoms with van der Waals surface area (Å²) in [5.74, 6) is 0.950. The summed E-state index contributed by atoms with van der Waals surface area (Å²) in [6.07, 6.45) is 1.74.